The minimum Gasteiger partial charge on any atom is -0.322 e. The van der Waals surface area contributed by atoms with E-state index in [1.807, 2.05) is 30.3 Å². The Hall–Kier alpha value is -2.93. The average molecular weight is 485 g/mol. The van der Waals surface area contributed by atoms with E-state index in [-0.39, 0.29) is 11.1 Å². The number of anilines is 1. The second-order valence-electron chi connectivity index (χ2n) is 9.69. The molecule has 0 fully saturated rings. The number of hydrogen-bond donors (Lipinski definition) is 1. The largest absolute Gasteiger partial charge is 0.416 e. The molecular formula is C27H27F3N2OS. The first-order valence-corrected chi connectivity index (χ1v) is 12.1. The smallest absolute Gasteiger partial charge is 0.322 e. The lowest BCUT2D eigenvalue weighted by atomic mass is 9.72. The first-order valence-electron chi connectivity index (χ1n) is 11.2. The molecule has 1 amide bonds. The zero-order valence-corrected chi connectivity index (χ0v) is 20.2. The molecule has 0 bridgehead atoms. The quantitative estimate of drug-likeness (QED) is 0.376. The fourth-order valence-electron chi connectivity index (χ4n) is 4.27. The molecule has 7 heteroatoms. The maximum atomic E-state index is 13.4. The van der Waals surface area contributed by atoms with Crippen molar-refractivity contribution >= 4 is 34.1 Å². The Morgan fingerprint density at radius 2 is 1.82 bits per heavy atom. The molecule has 0 saturated heterocycles. The van der Waals surface area contributed by atoms with Crippen LogP contribution in [0.3, 0.4) is 0 Å². The number of fused-ring (bicyclic) bond motifs is 1. The SMILES string of the molecule is CC(C)(C)[C@@H]1CCc2c(sc(N=Cc3ccccc3)c2C(=O)Nc2cccc(C(F)(F)F)c2)C1. The number of nitrogens with zero attached hydrogens (tertiary/aromatic N) is 1. The Labute approximate surface area is 201 Å². The standard InChI is InChI=1S/C27H27F3N2OS/c1-26(2,3)18-12-13-21-22(15-18)34-25(31-16-17-8-5-4-6-9-17)23(21)24(33)32-20-11-7-10-19(14-20)27(28,29)30/h4-11,14,16,18H,12-13,15H2,1-3H3,(H,32,33)/t18-/m1/s1. The van der Waals surface area contributed by atoms with Gasteiger partial charge in [-0.1, -0.05) is 57.2 Å². The number of aliphatic imine (C=N–C) groups is 1. The molecule has 1 aromatic heterocycles. The van der Waals surface area contributed by atoms with Crippen molar-refractivity contribution < 1.29 is 18.0 Å². The van der Waals surface area contributed by atoms with Crippen LogP contribution in [-0.4, -0.2) is 12.1 Å². The Balaban J connectivity index is 1.69. The number of thiophene rings is 1. The van der Waals surface area contributed by atoms with Gasteiger partial charge in [0.1, 0.15) is 5.00 Å². The Kier molecular flexibility index (Phi) is 6.67. The molecule has 1 aliphatic rings. The van der Waals surface area contributed by atoms with E-state index in [4.69, 9.17) is 0 Å². The highest BCUT2D eigenvalue weighted by molar-refractivity contribution is 7.16. The normalized spacial score (nSPS) is 16.5. The predicted molar refractivity (Wildman–Crippen MR) is 132 cm³/mol. The van der Waals surface area contributed by atoms with Crippen LogP contribution in [-0.2, 0) is 19.0 Å². The first kappa shape index (κ1) is 24.2. The van der Waals surface area contributed by atoms with Crippen LogP contribution in [0.1, 0.15) is 59.1 Å². The van der Waals surface area contributed by atoms with E-state index in [0.717, 1.165) is 47.4 Å². The van der Waals surface area contributed by atoms with Gasteiger partial charge in [0.15, 0.2) is 0 Å². The van der Waals surface area contributed by atoms with Gasteiger partial charge in [0.2, 0.25) is 0 Å². The summed E-state index contributed by atoms with van der Waals surface area (Å²) in [6.07, 6.45) is -0.179. The summed E-state index contributed by atoms with van der Waals surface area (Å²) in [7, 11) is 0. The molecule has 34 heavy (non-hydrogen) atoms. The second kappa shape index (κ2) is 9.37. The zero-order chi connectivity index (χ0) is 24.5. The van der Waals surface area contributed by atoms with Crippen LogP contribution in [0.2, 0.25) is 0 Å². The van der Waals surface area contributed by atoms with Crippen molar-refractivity contribution in [1.82, 2.24) is 0 Å². The lowest BCUT2D eigenvalue weighted by Gasteiger charge is -2.33. The molecule has 0 saturated carbocycles. The van der Waals surface area contributed by atoms with Crippen molar-refractivity contribution in [3.05, 3.63) is 81.7 Å². The molecule has 178 valence electrons. The number of amides is 1. The Morgan fingerprint density at radius 3 is 2.50 bits per heavy atom. The molecule has 2 aromatic carbocycles. The van der Waals surface area contributed by atoms with Crippen LogP contribution in [0.5, 0.6) is 0 Å². The number of halogens is 3. The summed E-state index contributed by atoms with van der Waals surface area (Å²) < 4.78 is 39.4. The summed E-state index contributed by atoms with van der Waals surface area (Å²) in [6.45, 7) is 6.68. The number of nitrogens with one attached hydrogen (secondary N) is 1. The van der Waals surface area contributed by atoms with E-state index in [1.165, 1.54) is 23.5 Å². The molecule has 1 aliphatic carbocycles. The molecule has 0 spiro atoms. The highest BCUT2D eigenvalue weighted by Crippen LogP contribution is 2.45. The number of carbonyl (C=O) groups excluding carboxylic acids is 1. The van der Waals surface area contributed by atoms with Crippen molar-refractivity contribution in [1.29, 1.82) is 0 Å². The summed E-state index contributed by atoms with van der Waals surface area (Å²) in [5.41, 5.74) is 1.81. The maximum Gasteiger partial charge on any atom is 0.416 e. The third kappa shape index (κ3) is 5.41. The van der Waals surface area contributed by atoms with Crippen LogP contribution in [0.15, 0.2) is 59.6 Å². The number of benzene rings is 2. The molecule has 0 aliphatic heterocycles. The molecular weight excluding hydrogens is 457 g/mol. The molecule has 0 radical (unpaired) electrons. The van der Waals surface area contributed by atoms with Gasteiger partial charge in [0.25, 0.3) is 5.91 Å². The van der Waals surface area contributed by atoms with Gasteiger partial charge in [-0.15, -0.1) is 11.3 Å². The average Bonchev–Trinajstić information content (AvgIpc) is 3.15. The Morgan fingerprint density at radius 1 is 1.09 bits per heavy atom. The maximum absolute atomic E-state index is 13.4. The highest BCUT2D eigenvalue weighted by Gasteiger charge is 2.34. The third-order valence-electron chi connectivity index (χ3n) is 6.28. The number of carbonyl (C=O) groups is 1. The lowest BCUT2D eigenvalue weighted by molar-refractivity contribution is -0.137. The summed E-state index contributed by atoms with van der Waals surface area (Å²) >= 11 is 1.51. The number of rotatable bonds is 4. The minimum atomic E-state index is -4.48. The van der Waals surface area contributed by atoms with Gasteiger partial charge >= 0.3 is 6.18 Å². The number of hydrogen-bond acceptors (Lipinski definition) is 3. The van der Waals surface area contributed by atoms with E-state index in [1.54, 1.807) is 6.21 Å². The van der Waals surface area contributed by atoms with E-state index >= 15 is 0 Å². The Bertz CT molecular complexity index is 1210. The first-order chi connectivity index (χ1) is 16.0. The lowest BCUT2D eigenvalue weighted by Crippen LogP contribution is -2.27. The van der Waals surface area contributed by atoms with E-state index in [0.29, 0.717) is 16.5 Å². The van der Waals surface area contributed by atoms with Gasteiger partial charge in [0.05, 0.1) is 11.1 Å². The highest BCUT2D eigenvalue weighted by atomic mass is 32.1. The van der Waals surface area contributed by atoms with Crippen LogP contribution in [0.25, 0.3) is 0 Å². The van der Waals surface area contributed by atoms with Gasteiger partial charge < -0.3 is 5.32 Å². The second-order valence-corrected chi connectivity index (χ2v) is 10.8. The molecule has 1 N–H and O–H groups in total. The fourth-order valence-corrected chi connectivity index (χ4v) is 5.54. The van der Waals surface area contributed by atoms with Crippen LogP contribution in [0, 0.1) is 11.3 Å². The molecule has 4 rings (SSSR count). The minimum absolute atomic E-state index is 0.112. The topological polar surface area (TPSA) is 41.5 Å². The van der Waals surface area contributed by atoms with Gasteiger partial charge in [-0.05, 0) is 59.9 Å². The predicted octanol–water partition coefficient (Wildman–Crippen LogP) is 7.92. The van der Waals surface area contributed by atoms with Crippen molar-refractivity contribution in [2.45, 2.75) is 46.2 Å². The summed E-state index contributed by atoms with van der Waals surface area (Å²) in [5, 5.41) is 3.27. The van der Waals surface area contributed by atoms with Crippen LogP contribution >= 0.6 is 11.3 Å². The molecule has 1 atom stereocenters. The van der Waals surface area contributed by atoms with Crippen LogP contribution in [0.4, 0.5) is 23.9 Å². The van der Waals surface area contributed by atoms with Crippen molar-refractivity contribution in [3.63, 3.8) is 0 Å². The third-order valence-corrected chi connectivity index (χ3v) is 7.44. The zero-order valence-electron chi connectivity index (χ0n) is 19.4. The van der Waals surface area contributed by atoms with Gasteiger partial charge in [-0.2, -0.15) is 13.2 Å². The summed E-state index contributed by atoms with van der Waals surface area (Å²) in [5.74, 6) is 0.0650. The molecule has 0 unspecified atom stereocenters. The van der Waals surface area contributed by atoms with Gasteiger partial charge in [0, 0.05) is 16.8 Å². The van der Waals surface area contributed by atoms with Gasteiger partial charge in [-0.3, -0.25) is 4.79 Å². The molecule has 3 aromatic rings. The summed E-state index contributed by atoms with van der Waals surface area (Å²) in [6, 6.07) is 14.3. The van der Waals surface area contributed by atoms with Gasteiger partial charge in [-0.25, -0.2) is 4.99 Å². The van der Waals surface area contributed by atoms with E-state index in [9.17, 15) is 18.0 Å². The fraction of sp³-hybridized carbons (Fsp3) is 0.333. The van der Waals surface area contributed by atoms with E-state index in [2.05, 4.69) is 31.1 Å². The van der Waals surface area contributed by atoms with Crippen LogP contribution < -0.4 is 5.32 Å². The molecule has 1 heterocycles. The summed E-state index contributed by atoms with van der Waals surface area (Å²) in [4.78, 5) is 19.1. The van der Waals surface area contributed by atoms with Crippen molar-refractivity contribution in [2.75, 3.05) is 5.32 Å². The van der Waals surface area contributed by atoms with Crippen molar-refractivity contribution in [3.8, 4) is 0 Å². The monoisotopic (exact) mass is 484 g/mol. The van der Waals surface area contributed by atoms with E-state index < -0.39 is 17.6 Å². The number of alkyl halides is 3. The van der Waals surface area contributed by atoms with Crippen molar-refractivity contribution in [2.24, 2.45) is 16.3 Å². The molecule has 3 nitrogen and oxygen atoms in total.